The fourth-order valence-corrected chi connectivity index (χ4v) is 2.64. The van der Waals surface area contributed by atoms with Crippen LogP contribution in [0.3, 0.4) is 0 Å². The first kappa shape index (κ1) is 12.6. The molecule has 7 heteroatoms. The quantitative estimate of drug-likeness (QED) is 0.852. The molecule has 1 aromatic heterocycles. The van der Waals surface area contributed by atoms with Crippen LogP contribution in [0.4, 0.5) is 0 Å². The molecule has 0 saturated carbocycles. The highest BCUT2D eigenvalue weighted by atomic mass is 16.4. The number of hydrogen-bond donors (Lipinski definition) is 2. The summed E-state index contributed by atoms with van der Waals surface area (Å²) in [6.07, 6.45) is 1.17. The number of nitrogens with one attached hydrogen (secondary N) is 1. The maximum atomic E-state index is 12.5. The van der Waals surface area contributed by atoms with Gasteiger partial charge in [-0.15, -0.1) is 0 Å². The van der Waals surface area contributed by atoms with Crippen molar-refractivity contribution in [2.75, 3.05) is 6.54 Å². The maximum Gasteiger partial charge on any atom is 0.329 e. The van der Waals surface area contributed by atoms with Crippen molar-refractivity contribution >= 4 is 22.9 Å². The molecule has 0 radical (unpaired) electrons. The number of carboxylic acid groups (broad SMARTS) is 1. The van der Waals surface area contributed by atoms with Crippen molar-refractivity contribution < 1.29 is 14.7 Å². The van der Waals surface area contributed by atoms with Crippen molar-refractivity contribution in [3.63, 3.8) is 0 Å². The summed E-state index contributed by atoms with van der Waals surface area (Å²) in [6, 6.07) is 4.97. The van der Waals surface area contributed by atoms with Crippen molar-refractivity contribution in [2.24, 2.45) is 0 Å². The van der Waals surface area contributed by atoms with E-state index in [0.29, 0.717) is 36.0 Å². The van der Waals surface area contributed by atoms with E-state index < -0.39 is 11.5 Å². The Morgan fingerprint density at radius 1 is 1.35 bits per heavy atom. The molecule has 20 heavy (non-hydrogen) atoms. The summed E-state index contributed by atoms with van der Waals surface area (Å²) in [7, 11) is 0. The molecule has 104 valence electrons. The summed E-state index contributed by atoms with van der Waals surface area (Å²) >= 11 is 0. The normalized spacial score (nSPS) is 22.4. The molecule has 1 aliphatic heterocycles. The lowest BCUT2D eigenvalue weighted by Crippen LogP contribution is -2.50. The predicted molar refractivity (Wildman–Crippen MR) is 70.2 cm³/mol. The molecule has 1 amide bonds. The number of aromatic nitrogens is 3. The lowest BCUT2D eigenvalue weighted by Gasteiger charge is -2.31. The molecule has 2 aromatic rings. The number of likely N-dealkylation sites (tertiary alicyclic amines) is 1. The Morgan fingerprint density at radius 3 is 2.85 bits per heavy atom. The summed E-state index contributed by atoms with van der Waals surface area (Å²) in [5.41, 5.74) is 0.562. The number of rotatable bonds is 2. The smallest absolute Gasteiger partial charge is 0.329 e. The first-order valence-corrected chi connectivity index (χ1v) is 6.38. The van der Waals surface area contributed by atoms with E-state index in [4.69, 9.17) is 0 Å². The highest BCUT2D eigenvalue weighted by molar-refractivity contribution is 6.00. The number of benzene rings is 1. The minimum Gasteiger partial charge on any atom is -0.480 e. The largest absolute Gasteiger partial charge is 0.480 e. The number of amides is 1. The number of hydrogen-bond acceptors (Lipinski definition) is 4. The molecule has 1 saturated heterocycles. The van der Waals surface area contributed by atoms with Gasteiger partial charge in [0.15, 0.2) is 0 Å². The third kappa shape index (κ3) is 1.74. The first-order chi connectivity index (χ1) is 9.52. The lowest BCUT2D eigenvalue weighted by atomic mass is 9.98. The molecular formula is C13H14N4O3. The molecule has 3 rings (SSSR count). The molecule has 1 atom stereocenters. The van der Waals surface area contributed by atoms with Gasteiger partial charge in [-0.1, -0.05) is 0 Å². The van der Waals surface area contributed by atoms with Gasteiger partial charge in [-0.25, -0.2) is 4.79 Å². The van der Waals surface area contributed by atoms with Crippen molar-refractivity contribution in [1.29, 1.82) is 0 Å². The molecule has 0 bridgehead atoms. The standard InChI is InChI=1S/C13H14N4O3/c1-13(12(19)20)5-2-6-17(13)11(18)8-3-4-9-10(7-8)15-16-14-9/h3-4,7H,2,5-6H2,1H3,(H,19,20)(H,14,15,16). The Hall–Kier alpha value is -2.44. The Bertz CT molecular complexity index is 696. The van der Waals surface area contributed by atoms with Crippen molar-refractivity contribution in [3.05, 3.63) is 23.8 Å². The molecule has 1 aliphatic rings. The summed E-state index contributed by atoms with van der Waals surface area (Å²) in [4.78, 5) is 25.4. The number of nitrogens with zero attached hydrogens (tertiary/aromatic N) is 3. The summed E-state index contributed by atoms with van der Waals surface area (Å²) in [5.74, 6) is -1.25. The second kappa shape index (κ2) is 4.29. The lowest BCUT2D eigenvalue weighted by molar-refractivity contribution is -0.147. The zero-order valence-corrected chi connectivity index (χ0v) is 11.0. The fraction of sp³-hybridized carbons (Fsp3) is 0.385. The second-order valence-corrected chi connectivity index (χ2v) is 5.17. The van der Waals surface area contributed by atoms with Gasteiger partial charge in [0.05, 0.1) is 0 Å². The minimum atomic E-state index is -1.13. The number of carbonyl (C=O) groups is 2. The van der Waals surface area contributed by atoms with E-state index in [2.05, 4.69) is 15.4 Å². The maximum absolute atomic E-state index is 12.5. The predicted octanol–water partition coefficient (Wildman–Crippen LogP) is 1.04. The van der Waals surface area contributed by atoms with Crippen LogP contribution in [0.2, 0.25) is 0 Å². The van der Waals surface area contributed by atoms with Gasteiger partial charge in [0.1, 0.15) is 16.6 Å². The molecule has 1 unspecified atom stereocenters. The summed E-state index contributed by atoms with van der Waals surface area (Å²) < 4.78 is 0. The number of aromatic amines is 1. The van der Waals surface area contributed by atoms with Gasteiger partial charge in [-0.3, -0.25) is 4.79 Å². The Morgan fingerprint density at radius 2 is 2.10 bits per heavy atom. The van der Waals surface area contributed by atoms with Crippen LogP contribution in [0.25, 0.3) is 11.0 Å². The molecule has 2 heterocycles. The van der Waals surface area contributed by atoms with Gasteiger partial charge in [-0.05, 0) is 38.0 Å². The van der Waals surface area contributed by atoms with Crippen LogP contribution >= 0.6 is 0 Å². The van der Waals surface area contributed by atoms with Crippen LogP contribution in [-0.4, -0.2) is 49.4 Å². The summed E-state index contributed by atoms with van der Waals surface area (Å²) in [5, 5.41) is 19.7. The Balaban J connectivity index is 1.97. The number of aliphatic carboxylic acids is 1. The van der Waals surface area contributed by atoms with E-state index in [1.165, 1.54) is 4.90 Å². The third-order valence-electron chi connectivity index (χ3n) is 3.91. The zero-order valence-electron chi connectivity index (χ0n) is 11.0. The van der Waals surface area contributed by atoms with Gasteiger partial charge in [-0.2, -0.15) is 15.4 Å². The van der Waals surface area contributed by atoms with E-state index in [1.807, 2.05) is 0 Å². The van der Waals surface area contributed by atoms with Crippen molar-refractivity contribution in [1.82, 2.24) is 20.3 Å². The van der Waals surface area contributed by atoms with E-state index in [9.17, 15) is 14.7 Å². The molecule has 2 N–H and O–H groups in total. The van der Waals surface area contributed by atoms with Crippen molar-refractivity contribution in [2.45, 2.75) is 25.3 Å². The van der Waals surface area contributed by atoms with Crippen molar-refractivity contribution in [3.8, 4) is 0 Å². The Kier molecular flexibility index (Phi) is 2.70. The van der Waals surface area contributed by atoms with Crippen LogP contribution in [0.15, 0.2) is 18.2 Å². The van der Waals surface area contributed by atoms with Crippen LogP contribution in [0.5, 0.6) is 0 Å². The molecule has 0 aliphatic carbocycles. The monoisotopic (exact) mass is 274 g/mol. The van der Waals surface area contributed by atoms with Gasteiger partial charge >= 0.3 is 5.97 Å². The number of carbonyl (C=O) groups excluding carboxylic acids is 1. The average molecular weight is 274 g/mol. The molecule has 7 nitrogen and oxygen atoms in total. The number of fused-ring (bicyclic) bond motifs is 1. The topological polar surface area (TPSA) is 99.2 Å². The first-order valence-electron chi connectivity index (χ1n) is 6.38. The second-order valence-electron chi connectivity index (χ2n) is 5.17. The SMILES string of the molecule is CC1(C(=O)O)CCCN1C(=O)c1ccc2n[nH]nc2c1. The molecule has 1 fully saturated rings. The molecule has 0 spiro atoms. The third-order valence-corrected chi connectivity index (χ3v) is 3.91. The molecule has 1 aromatic carbocycles. The van der Waals surface area contributed by atoms with Crippen LogP contribution in [0, 0.1) is 0 Å². The van der Waals surface area contributed by atoms with Gasteiger partial charge in [0.25, 0.3) is 5.91 Å². The minimum absolute atomic E-state index is 0.280. The van der Waals surface area contributed by atoms with Crippen LogP contribution in [-0.2, 0) is 4.79 Å². The number of H-pyrrole nitrogens is 1. The van der Waals surface area contributed by atoms with E-state index >= 15 is 0 Å². The van der Waals surface area contributed by atoms with Gasteiger partial charge in [0, 0.05) is 12.1 Å². The highest BCUT2D eigenvalue weighted by Crippen LogP contribution is 2.31. The fourth-order valence-electron chi connectivity index (χ4n) is 2.64. The highest BCUT2D eigenvalue weighted by Gasteiger charge is 2.46. The average Bonchev–Trinajstić information content (AvgIpc) is 3.03. The van der Waals surface area contributed by atoms with E-state index in [0.717, 1.165) is 0 Å². The van der Waals surface area contributed by atoms with Crippen LogP contribution < -0.4 is 0 Å². The van der Waals surface area contributed by atoms with E-state index in [1.54, 1.807) is 25.1 Å². The zero-order chi connectivity index (χ0) is 14.3. The van der Waals surface area contributed by atoms with Crippen LogP contribution in [0.1, 0.15) is 30.1 Å². The summed E-state index contributed by atoms with van der Waals surface area (Å²) in [6.45, 7) is 2.05. The van der Waals surface area contributed by atoms with Gasteiger partial charge < -0.3 is 10.0 Å². The van der Waals surface area contributed by atoms with E-state index in [-0.39, 0.29) is 5.91 Å². The molecular weight excluding hydrogens is 260 g/mol. The number of carboxylic acids is 1. The van der Waals surface area contributed by atoms with Gasteiger partial charge in [0.2, 0.25) is 0 Å². The Labute approximate surface area is 114 Å².